The van der Waals surface area contributed by atoms with Crippen molar-refractivity contribution in [2.24, 2.45) is 0 Å². The van der Waals surface area contributed by atoms with Gasteiger partial charge in [0, 0.05) is 18.1 Å². The predicted molar refractivity (Wildman–Crippen MR) is 77.9 cm³/mol. The molecule has 7 heteroatoms. The molecule has 0 aliphatic heterocycles. The van der Waals surface area contributed by atoms with Gasteiger partial charge in [0.25, 0.3) is 0 Å². The molecule has 6 nitrogen and oxygen atoms in total. The number of rotatable bonds is 6. The molecule has 0 aliphatic carbocycles. The lowest BCUT2D eigenvalue weighted by Crippen LogP contribution is -2.29. The minimum Gasteiger partial charge on any atom is -0.356 e. The SMILES string of the molecule is CS(=O)(=O)NC(=O)CCCc1cc(-c2ccccc2)on1. The number of carbonyl (C=O) groups is 1. The maximum Gasteiger partial charge on any atom is 0.233 e. The fraction of sp³-hybridized carbons (Fsp3) is 0.286. The Morgan fingerprint density at radius 2 is 2.00 bits per heavy atom. The lowest BCUT2D eigenvalue weighted by Gasteiger charge is -2.00. The molecule has 112 valence electrons. The van der Waals surface area contributed by atoms with E-state index in [0.717, 1.165) is 17.5 Å². The first-order valence-corrected chi connectivity index (χ1v) is 8.35. The van der Waals surface area contributed by atoms with Crippen molar-refractivity contribution in [3.05, 3.63) is 42.1 Å². The molecule has 0 radical (unpaired) electrons. The highest BCUT2D eigenvalue weighted by molar-refractivity contribution is 7.89. The van der Waals surface area contributed by atoms with Crippen molar-refractivity contribution in [1.29, 1.82) is 0 Å². The van der Waals surface area contributed by atoms with E-state index in [1.165, 1.54) is 0 Å². The lowest BCUT2D eigenvalue weighted by molar-refractivity contribution is -0.119. The van der Waals surface area contributed by atoms with Crippen LogP contribution in [-0.4, -0.2) is 25.7 Å². The molecule has 0 saturated heterocycles. The van der Waals surface area contributed by atoms with Crippen LogP contribution in [0.4, 0.5) is 0 Å². The van der Waals surface area contributed by atoms with Gasteiger partial charge in [-0.05, 0) is 12.8 Å². The van der Waals surface area contributed by atoms with Crippen LogP contribution in [0.1, 0.15) is 18.5 Å². The third-order valence-corrected chi connectivity index (χ3v) is 3.35. The van der Waals surface area contributed by atoms with E-state index in [-0.39, 0.29) is 6.42 Å². The lowest BCUT2D eigenvalue weighted by atomic mass is 10.1. The predicted octanol–water partition coefficient (Wildman–Crippen LogP) is 1.74. The van der Waals surface area contributed by atoms with Crippen LogP contribution in [0.5, 0.6) is 0 Å². The Kier molecular flexibility index (Phi) is 4.74. The Balaban J connectivity index is 1.85. The summed E-state index contributed by atoms with van der Waals surface area (Å²) in [5.74, 6) is 0.162. The number of hydrogen-bond donors (Lipinski definition) is 1. The number of carbonyl (C=O) groups excluding carboxylic acids is 1. The largest absolute Gasteiger partial charge is 0.356 e. The summed E-state index contributed by atoms with van der Waals surface area (Å²) in [5, 5.41) is 3.94. The van der Waals surface area contributed by atoms with Crippen LogP contribution in [0.2, 0.25) is 0 Å². The molecule has 0 saturated carbocycles. The van der Waals surface area contributed by atoms with Gasteiger partial charge in [-0.25, -0.2) is 8.42 Å². The van der Waals surface area contributed by atoms with Crippen LogP contribution in [0, 0.1) is 0 Å². The van der Waals surface area contributed by atoms with E-state index in [2.05, 4.69) is 5.16 Å². The van der Waals surface area contributed by atoms with Crippen molar-refractivity contribution in [2.45, 2.75) is 19.3 Å². The third-order valence-electron chi connectivity index (χ3n) is 2.75. The number of nitrogens with zero attached hydrogens (tertiary/aromatic N) is 1. The monoisotopic (exact) mass is 308 g/mol. The van der Waals surface area contributed by atoms with Crippen LogP contribution >= 0.6 is 0 Å². The Labute approximate surface area is 123 Å². The summed E-state index contributed by atoms with van der Waals surface area (Å²) < 4.78 is 28.9. The minimum atomic E-state index is -3.48. The number of aryl methyl sites for hydroxylation is 1. The van der Waals surface area contributed by atoms with E-state index in [4.69, 9.17) is 4.52 Å². The molecule has 0 unspecified atom stereocenters. The van der Waals surface area contributed by atoms with Crippen LogP contribution in [-0.2, 0) is 21.2 Å². The number of sulfonamides is 1. The Bertz CT molecular complexity index is 708. The summed E-state index contributed by atoms with van der Waals surface area (Å²) in [6, 6.07) is 11.4. The van der Waals surface area contributed by atoms with Crippen molar-refractivity contribution in [2.75, 3.05) is 6.26 Å². The Morgan fingerprint density at radius 3 is 2.67 bits per heavy atom. The second kappa shape index (κ2) is 6.53. The topological polar surface area (TPSA) is 89.3 Å². The van der Waals surface area contributed by atoms with Crippen molar-refractivity contribution < 1.29 is 17.7 Å². The normalized spacial score (nSPS) is 11.3. The second-order valence-electron chi connectivity index (χ2n) is 4.70. The van der Waals surface area contributed by atoms with Crippen LogP contribution in [0.15, 0.2) is 40.9 Å². The average Bonchev–Trinajstić information content (AvgIpc) is 2.86. The number of nitrogens with one attached hydrogen (secondary N) is 1. The molecule has 2 rings (SSSR count). The molecular formula is C14H16N2O4S. The molecular weight excluding hydrogens is 292 g/mol. The van der Waals surface area contributed by atoms with Gasteiger partial charge in [0.15, 0.2) is 5.76 Å². The minimum absolute atomic E-state index is 0.126. The van der Waals surface area contributed by atoms with Gasteiger partial charge in [-0.1, -0.05) is 35.5 Å². The first kappa shape index (κ1) is 15.2. The first-order valence-electron chi connectivity index (χ1n) is 6.46. The van der Waals surface area contributed by atoms with Crippen molar-refractivity contribution in [1.82, 2.24) is 9.88 Å². The second-order valence-corrected chi connectivity index (χ2v) is 6.45. The number of benzene rings is 1. The smallest absolute Gasteiger partial charge is 0.233 e. The van der Waals surface area contributed by atoms with Gasteiger partial charge < -0.3 is 4.52 Å². The molecule has 1 N–H and O–H groups in total. The molecule has 1 amide bonds. The zero-order valence-corrected chi connectivity index (χ0v) is 12.4. The number of hydrogen-bond acceptors (Lipinski definition) is 5. The standard InChI is InChI=1S/C14H16N2O4S/c1-21(18,19)16-14(17)9-5-8-12-10-13(20-15-12)11-6-3-2-4-7-11/h2-4,6-7,10H,5,8-9H2,1H3,(H,16,17). The van der Waals surface area contributed by atoms with E-state index in [1.807, 2.05) is 41.1 Å². The summed E-state index contributed by atoms with van der Waals surface area (Å²) in [5.41, 5.74) is 1.67. The van der Waals surface area contributed by atoms with Crippen LogP contribution in [0.25, 0.3) is 11.3 Å². The Hall–Kier alpha value is -2.15. The molecule has 0 fully saturated rings. The van der Waals surface area contributed by atoms with Gasteiger partial charge in [-0.3, -0.25) is 9.52 Å². The van der Waals surface area contributed by atoms with Crippen molar-refractivity contribution in [3.8, 4) is 11.3 Å². The van der Waals surface area contributed by atoms with Gasteiger partial charge in [0.2, 0.25) is 15.9 Å². The number of amides is 1. The summed E-state index contributed by atoms with van der Waals surface area (Å²) in [4.78, 5) is 11.3. The Morgan fingerprint density at radius 1 is 1.29 bits per heavy atom. The summed E-state index contributed by atoms with van der Waals surface area (Å²) in [6.07, 6.45) is 2.13. The molecule has 0 atom stereocenters. The molecule has 0 bridgehead atoms. The highest BCUT2D eigenvalue weighted by atomic mass is 32.2. The summed E-state index contributed by atoms with van der Waals surface area (Å²) in [7, 11) is -3.48. The molecule has 1 aromatic heterocycles. The highest BCUT2D eigenvalue weighted by Crippen LogP contribution is 2.20. The van der Waals surface area contributed by atoms with E-state index in [9.17, 15) is 13.2 Å². The van der Waals surface area contributed by atoms with Crippen molar-refractivity contribution >= 4 is 15.9 Å². The fourth-order valence-corrected chi connectivity index (χ4v) is 2.37. The van der Waals surface area contributed by atoms with E-state index in [0.29, 0.717) is 18.6 Å². The maximum atomic E-state index is 11.3. The summed E-state index contributed by atoms with van der Waals surface area (Å²) in [6.45, 7) is 0. The van der Waals surface area contributed by atoms with E-state index in [1.54, 1.807) is 0 Å². The van der Waals surface area contributed by atoms with Gasteiger partial charge in [-0.15, -0.1) is 0 Å². The zero-order chi connectivity index (χ0) is 15.3. The van der Waals surface area contributed by atoms with Crippen LogP contribution in [0.3, 0.4) is 0 Å². The molecule has 1 aromatic carbocycles. The quantitative estimate of drug-likeness (QED) is 0.878. The molecule has 21 heavy (non-hydrogen) atoms. The zero-order valence-electron chi connectivity index (χ0n) is 11.6. The van der Waals surface area contributed by atoms with Gasteiger partial charge in [0.1, 0.15) is 0 Å². The average molecular weight is 308 g/mol. The van der Waals surface area contributed by atoms with Gasteiger partial charge in [-0.2, -0.15) is 0 Å². The molecule has 0 spiro atoms. The van der Waals surface area contributed by atoms with E-state index >= 15 is 0 Å². The number of aromatic nitrogens is 1. The van der Waals surface area contributed by atoms with Gasteiger partial charge >= 0.3 is 0 Å². The third kappa shape index (κ3) is 5.03. The van der Waals surface area contributed by atoms with Crippen LogP contribution < -0.4 is 4.72 Å². The maximum absolute atomic E-state index is 11.3. The van der Waals surface area contributed by atoms with Crippen molar-refractivity contribution in [3.63, 3.8) is 0 Å². The summed E-state index contributed by atoms with van der Waals surface area (Å²) >= 11 is 0. The first-order chi connectivity index (χ1) is 9.94. The highest BCUT2D eigenvalue weighted by Gasteiger charge is 2.10. The van der Waals surface area contributed by atoms with E-state index < -0.39 is 15.9 Å². The molecule has 2 aromatic rings. The molecule has 1 heterocycles. The molecule has 0 aliphatic rings. The fourth-order valence-electron chi connectivity index (χ4n) is 1.86. The van der Waals surface area contributed by atoms with Gasteiger partial charge in [0.05, 0.1) is 11.9 Å².